The van der Waals surface area contributed by atoms with Crippen molar-refractivity contribution < 1.29 is 5.11 Å². The lowest BCUT2D eigenvalue weighted by atomic mass is 9.94. The quantitative estimate of drug-likeness (QED) is 0.862. The Bertz CT molecular complexity index is 379. The van der Waals surface area contributed by atoms with Crippen LogP contribution in [0.3, 0.4) is 0 Å². The molecule has 0 radical (unpaired) electrons. The van der Waals surface area contributed by atoms with Crippen molar-refractivity contribution in [3.05, 3.63) is 29.3 Å². The van der Waals surface area contributed by atoms with Gasteiger partial charge in [-0.05, 0) is 37.9 Å². The van der Waals surface area contributed by atoms with Crippen LogP contribution in [0.2, 0.25) is 0 Å². The highest BCUT2D eigenvalue weighted by molar-refractivity contribution is 5.37. The Labute approximate surface area is 105 Å². The van der Waals surface area contributed by atoms with Crippen molar-refractivity contribution in [3.8, 4) is 5.75 Å². The lowest BCUT2D eigenvalue weighted by Gasteiger charge is -2.31. The summed E-state index contributed by atoms with van der Waals surface area (Å²) in [6.07, 6.45) is 0. The Hall–Kier alpha value is -1.02. The van der Waals surface area contributed by atoms with Gasteiger partial charge in [-0.3, -0.25) is 4.90 Å². The standard InChI is InChI=1S/C15H25NO/c1-11-7-8-13(14(17)9-11)12(2)16(6)10-15(3,4)5/h7-9,12,17H,10H2,1-6H3. The molecule has 1 N–H and O–H groups in total. The number of aromatic hydroxyl groups is 1. The van der Waals surface area contributed by atoms with E-state index in [1.807, 2.05) is 19.1 Å². The van der Waals surface area contributed by atoms with Gasteiger partial charge in [-0.2, -0.15) is 0 Å². The van der Waals surface area contributed by atoms with Gasteiger partial charge in [0.2, 0.25) is 0 Å². The molecule has 0 aromatic heterocycles. The van der Waals surface area contributed by atoms with Gasteiger partial charge in [0.15, 0.2) is 0 Å². The average Bonchev–Trinajstić information content (AvgIpc) is 2.14. The van der Waals surface area contributed by atoms with Gasteiger partial charge in [0.25, 0.3) is 0 Å². The van der Waals surface area contributed by atoms with Crippen LogP contribution in [0, 0.1) is 12.3 Å². The summed E-state index contributed by atoms with van der Waals surface area (Å²) in [4.78, 5) is 2.28. The van der Waals surface area contributed by atoms with Gasteiger partial charge in [-0.15, -0.1) is 0 Å². The molecule has 1 aromatic carbocycles. The minimum Gasteiger partial charge on any atom is -0.508 e. The predicted octanol–water partition coefficient (Wildman–Crippen LogP) is 3.74. The van der Waals surface area contributed by atoms with Crippen LogP contribution in [-0.2, 0) is 0 Å². The van der Waals surface area contributed by atoms with Gasteiger partial charge in [0.1, 0.15) is 5.75 Å². The second-order valence-corrected chi connectivity index (χ2v) is 6.21. The number of nitrogens with zero attached hydrogens (tertiary/aromatic N) is 1. The molecule has 17 heavy (non-hydrogen) atoms. The van der Waals surface area contributed by atoms with Gasteiger partial charge in [0.05, 0.1) is 0 Å². The van der Waals surface area contributed by atoms with E-state index in [9.17, 15) is 5.11 Å². The Morgan fingerprint density at radius 3 is 2.35 bits per heavy atom. The second kappa shape index (κ2) is 5.09. The van der Waals surface area contributed by atoms with Crippen LogP contribution < -0.4 is 0 Å². The van der Waals surface area contributed by atoms with Crippen molar-refractivity contribution >= 4 is 0 Å². The summed E-state index contributed by atoms with van der Waals surface area (Å²) < 4.78 is 0. The lowest BCUT2D eigenvalue weighted by Crippen LogP contribution is -2.31. The Balaban J connectivity index is 2.85. The number of benzene rings is 1. The van der Waals surface area contributed by atoms with E-state index in [4.69, 9.17) is 0 Å². The molecule has 1 unspecified atom stereocenters. The molecule has 0 saturated heterocycles. The van der Waals surface area contributed by atoms with E-state index in [0.717, 1.165) is 17.7 Å². The maximum absolute atomic E-state index is 9.98. The monoisotopic (exact) mass is 235 g/mol. The highest BCUT2D eigenvalue weighted by atomic mass is 16.3. The summed E-state index contributed by atoms with van der Waals surface area (Å²) in [5.41, 5.74) is 2.36. The molecule has 1 rings (SSSR count). The maximum atomic E-state index is 9.98. The lowest BCUT2D eigenvalue weighted by molar-refractivity contribution is 0.180. The topological polar surface area (TPSA) is 23.5 Å². The summed E-state index contributed by atoms with van der Waals surface area (Å²) >= 11 is 0. The van der Waals surface area contributed by atoms with Crippen molar-refractivity contribution in [3.63, 3.8) is 0 Å². The second-order valence-electron chi connectivity index (χ2n) is 6.21. The number of phenols is 1. The molecule has 96 valence electrons. The number of phenolic OH excluding ortho intramolecular Hbond substituents is 1. The maximum Gasteiger partial charge on any atom is 0.120 e. The number of hydrogen-bond donors (Lipinski definition) is 1. The van der Waals surface area contributed by atoms with Crippen LogP contribution in [0.15, 0.2) is 18.2 Å². The third kappa shape index (κ3) is 4.04. The zero-order valence-electron chi connectivity index (χ0n) is 11.9. The van der Waals surface area contributed by atoms with Gasteiger partial charge < -0.3 is 5.11 Å². The molecule has 0 fully saturated rings. The Morgan fingerprint density at radius 1 is 1.29 bits per heavy atom. The zero-order valence-corrected chi connectivity index (χ0v) is 11.9. The third-order valence-electron chi connectivity index (χ3n) is 3.02. The van der Waals surface area contributed by atoms with Gasteiger partial charge in [0, 0.05) is 18.2 Å². The smallest absolute Gasteiger partial charge is 0.120 e. The first kappa shape index (κ1) is 14.0. The van der Waals surface area contributed by atoms with Crippen LogP contribution in [0.1, 0.15) is 44.9 Å². The minimum atomic E-state index is 0.231. The van der Waals surface area contributed by atoms with Gasteiger partial charge in [-0.25, -0.2) is 0 Å². The molecule has 0 aliphatic rings. The molecular formula is C15H25NO. The molecule has 1 atom stereocenters. The largest absolute Gasteiger partial charge is 0.508 e. The normalized spacial score (nSPS) is 14.1. The summed E-state index contributed by atoms with van der Waals surface area (Å²) in [7, 11) is 2.11. The molecule has 0 saturated carbocycles. The van der Waals surface area contributed by atoms with Crippen LogP contribution in [0.4, 0.5) is 0 Å². The first-order valence-corrected chi connectivity index (χ1v) is 6.20. The van der Waals surface area contributed by atoms with Gasteiger partial charge in [-0.1, -0.05) is 32.9 Å². The summed E-state index contributed by atoms with van der Waals surface area (Å²) in [5.74, 6) is 0.401. The van der Waals surface area contributed by atoms with E-state index < -0.39 is 0 Å². The predicted molar refractivity (Wildman–Crippen MR) is 73.3 cm³/mol. The van der Waals surface area contributed by atoms with Crippen molar-refractivity contribution in [2.24, 2.45) is 5.41 Å². The first-order chi connectivity index (χ1) is 7.70. The highest BCUT2D eigenvalue weighted by Crippen LogP contribution is 2.30. The molecule has 0 bridgehead atoms. The molecule has 0 aliphatic carbocycles. The Kier molecular flexibility index (Phi) is 4.21. The SMILES string of the molecule is Cc1ccc(C(C)N(C)CC(C)(C)C)c(O)c1. The number of aryl methyl sites for hydroxylation is 1. The molecule has 0 heterocycles. The molecule has 0 aliphatic heterocycles. The highest BCUT2D eigenvalue weighted by Gasteiger charge is 2.20. The van der Waals surface area contributed by atoms with Crippen LogP contribution in [0.25, 0.3) is 0 Å². The molecule has 1 aromatic rings. The molecule has 2 nitrogen and oxygen atoms in total. The summed E-state index contributed by atoms with van der Waals surface area (Å²) in [6.45, 7) is 11.8. The number of hydrogen-bond acceptors (Lipinski definition) is 2. The van der Waals surface area contributed by atoms with E-state index >= 15 is 0 Å². The summed E-state index contributed by atoms with van der Waals surface area (Å²) in [6, 6.07) is 6.14. The summed E-state index contributed by atoms with van der Waals surface area (Å²) in [5, 5.41) is 9.98. The van der Waals surface area contributed by atoms with Crippen LogP contribution in [-0.4, -0.2) is 23.6 Å². The molecule has 2 heteroatoms. The van der Waals surface area contributed by atoms with Crippen LogP contribution >= 0.6 is 0 Å². The molecule has 0 spiro atoms. The van der Waals surface area contributed by atoms with Crippen molar-refractivity contribution in [1.29, 1.82) is 0 Å². The Morgan fingerprint density at radius 2 is 1.88 bits per heavy atom. The van der Waals surface area contributed by atoms with E-state index in [1.165, 1.54) is 0 Å². The van der Waals surface area contributed by atoms with E-state index in [1.54, 1.807) is 0 Å². The van der Waals surface area contributed by atoms with E-state index in [0.29, 0.717) is 5.75 Å². The van der Waals surface area contributed by atoms with Crippen molar-refractivity contribution in [1.82, 2.24) is 4.90 Å². The first-order valence-electron chi connectivity index (χ1n) is 6.20. The average molecular weight is 235 g/mol. The fourth-order valence-electron chi connectivity index (χ4n) is 2.13. The van der Waals surface area contributed by atoms with Crippen LogP contribution in [0.5, 0.6) is 5.75 Å². The van der Waals surface area contributed by atoms with Crippen molar-refractivity contribution in [2.75, 3.05) is 13.6 Å². The molecule has 0 amide bonds. The van der Waals surface area contributed by atoms with Gasteiger partial charge >= 0.3 is 0 Å². The fraction of sp³-hybridized carbons (Fsp3) is 0.600. The zero-order chi connectivity index (χ0) is 13.2. The molecular weight excluding hydrogens is 210 g/mol. The third-order valence-corrected chi connectivity index (χ3v) is 3.02. The fourth-order valence-corrected chi connectivity index (χ4v) is 2.13. The number of rotatable bonds is 3. The van der Waals surface area contributed by atoms with Crippen molar-refractivity contribution in [2.45, 2.75) is 40.7 Å². The van der Waals surface area contributed by atoms with E-state index in [-0.39, 0.29) is 11.5 Å². The minimum absolute atomic E-state index is 0.231. The van der Waals surface area contributed by atoms with E-state index in [2.05, 4.69) is 45.7 Å².